The van der Waals surface area contributed by atoms with Gasteiger partial charge < -0.3 is 0 Å². The van der Waals surface area contributed by atoms with E-state index in [0.717, 1.165) is 17.0 Å². The van der Waals surface area contributed by atoms with E-state index >= 15 is 0 Å². The van der Waals surface area contributed by atoms with Crippen LogP contribution in [-0.4, -0.2) is 19.6 Å². The number of rotatable bonds is 1. The molecule has 0 spiro atoms. The summed E-state index contributed by atoms with van der Waals surface area (Å²) in [6, 6.07) is 0. The Labute approximate surface area is 108 Å². The molecule has 0 bridgehead atoms. The first-order chi connectivity index (χ1) is 8.22. The average Bonchev–Trinajstić information content (AvgIpc) is 2.84. The Bertz CT molecular complexity index is 412. The molecule has 0 aliphatic rings. The van der Waals surface area contributed by atoms with E-state index in [1.165, 1.54) is 0 Å². The topological polar surface area (TPSA) is 43.1 Å². The van der Waals surface area contributed by atoms with Gasteiger partial charge in [-0.3, -0.25) is 4.98 Å². The van der Waals surface area contributed by atoms with Gasteiger partial charge in [-0.1, -0.05) is 27.7 Å². The van der Waals surface area contributed by atoms with Crippen LogP contribution < -0.4 is 0 Å². The molecule has 0 saturated carbocycles. The standard InChI is InChI=1S/C8H9ClN4.2C2H6/c1-5-4-10-6(2)8-11-7(3-9)12-13(5)8;2*1-2/h4H,3H2,1-2H3;2*1-2H3. The predicted octanol–water partition coefficient (Wildman–Crippen LogP) is 3.53. The number of alkyl halides is 1. The van der Waals surface area contributed by atoms with Gasteiger partial charge >= 0.3 is 0 Å². The van der Waals surface area contributed by atoms with Crippen LogP contribution in [0.25, 0.3) is 5.65 Å². The molecule has 0 saturated heterocycles. The molecule has 0 unspecified atom stereocenters. The van der Waals surface area contributed by atoms with Gasteiger partial charge in [-0.15, -0.1) is 16.7 Å². The zero-order valence-corrected chi connectivity index (χ0v) is 12.2. The number of nitrogens with zero attached hydrogens (tertiary/aromatic N) is 4. The Balaban J connectivity index is 0.000000581. The monoisotopic (exact) mass is 256 g/mol. The molecule has 2 aromatic rings. The number of fused-ring (bicyclic) bond motifs is 1. The van der Waals surface area contributed by atoms with E-state index in [0.29, 0.717) is 11.7 Å². The number of halogens is 1. The van der Waals surface area contributed by atoms with Gasteiger partial charge in [-0.25, -0.2) is 9.50 Å². The first kappa shape index (κ1) is 15.8. The molecule has 0 aliphatic carbocycles. The molecule has 0 N–H and O–H groups in total. The van der Waals surface area contributed by atoms with Crippen molar-refractivity contribution in [3.05, 3.63) is 23.4 Å². The van der Waals surface area contributed by atoms with Crippen LogP contribution in [-0.2, 0) is 5.88 Å². The minimum Gasteiger partial charge on any atom is -0.256 e. The fourth-order valence-electron chi connectivity index (χ4n) is 1.19. The molecule has 0 fully saturated rings. The van der Waals surface area contributed by atoms with Crippen LogP contribution in [0.3, 0.4) is 0 Å². The molecule has 0 amide bonds. The van der Waals surface area contributed by atoms with Crippen molar-refractivity contribution in [3.63, 3.8) is 0 Å². The summed E-state index contributed by atoms with van der Waals surface area (Å²) in [6.07, 6.45) is 1.77. The normalized spacial score (nSPS) is 9.12. The van der Waals surface area contributed by atoms with Gasteiger partial charge in [0.25, 0.3) is 0 Å². The summed E-state index contributed by atoms with van der Waals surface area (Å²) in [6.45, 7) is 11.8. The molecule has 2 heterocycles. The fraction of sp³-hybridized carbons (Fsp3) is 0.583. The SMILES string of the molecule is CC.CC.Cc1ncc(C)n2nc(CCl)nc12. The van der Waals surface area contributed by atoms with Gasteiger partial charge in [0.1, 0.15) is 0 Å². The van der Waals surface area contributed by atoms with Crippen molar-refractivity contribution in [1.82, 2.24) is 19.6 Å². The Morgan fingerprint density at radius 2 is 1.76 bits per heavy atom. The lowest BCUT2D eigenvalue weighted by molar-refractivity contribution is 0.867. The Kier molecular flexibility index (Phi) is 7.46. The van der Waals surface area contributed by atoms with Gasteiger partial charge in [-0.2, -0.15) is 0 Å². The smallest absolute Gasteiger partial charge is 0.177 e. The van der Waals surface area contributed by atoms with Crippen LogP contribution in [0.1, 0.15) is 44.9 Å². The Morgan fingerprint density at radius 3 is 2.24 bits per heavy atom. The van der Waals surface area contributed by atoms with Crippen LogP contribution in [0.5, 0.6) is 0 Å². The van der Waals surface area contributed by atoms with E-state index in [-0.39, 0.29) is 0 Å². The zero-order chi connectivity index (χ0) is 13.4. The van der Waals surface area contributed by atoms with Gasteiger partial charge in [0.05, 0.1) is 17.3 Å². The second-order valence-electron chi connectivity index (χ2n) is 2.88. The third kappa shape index (κ3) is 3.66. The minimum atomic E-state index is 0.334. The number of aromatic nitrogens is 4. The maximum atomic E-state index is 5.64. The summed E-state index contributed by atoms with van der Waals surface area (Å²) in [4.78, 5) is 8.44. The van der Waals surface area contributed by atoms with Gasteiger partial charge in [0, 0.05) is 6.20 Å². The lowest BCUT2D eigenvalue weighted by Gasteiger charge is -1.97. The first-order valence-electron chi connectivity index (χ1n) is 5.96. The highest BCUT2D eigenvalue weighted by molar-refractivity contribution is 6.16. The van der Waals surface area contributed by atoms with Crippen LogP contribution in [0.15, 0.2) is 6.20 Å². The van der Waals surface area contributed by atoms with Crippen molar-refractivity contribution >= 4 is 17.2 Å². The number of hydrogen-bond acceptors (Lipinski definition) is 3. The summed E-state index contributed by atoms with van der Waals surface area (Å²) in [5.74, 6) is 0.974. The van der Waals surface area contributed by atoms with Crippen molar-refractivity contribution in [2.75, 3.05) is 0 Å². The van der Waals surface area contributed by atoms with E-state index in [2.05, 4.69) is 15.1 Å². The summed E-state index contributed by atoms with van der Waals surface area (Å²) >= 11 is 5.64. The highest BCUT2D eigenvalue weighted by Crippen LogP contribution is 2.08. The van der Waals surface area contributed by atoms with Crippen LogP contribution >= 0.6 is 11.6 Å². The Morgan fingerprint density at radius 1 is 1.18 bits per heavy atom. The van der Waals surface area contributed by atoms with Crippen molar-refractivity contribution in [1.29, 1.82) is 0 Å². The molecule has 96 valence electrons. The molecule has 0 aromatic carbocycles. The van der Waals surface area contributed by atoms with E-state index in [4.69, 9.17) is 11.6 Å². The third-order valence-electron chi connectivity index (χ3n) is 1.87. The van der Waals surface area contributed by atoms with Crippen molar-refractivity contribution < 1.29 is 0 Å². The van der Waals surface area contributed by atoms with Crippen LogP contribution in [0.4, 0.5) is 0 Å². The largest absolute Gasteiger partial charge is 0.256 e. The molecule has 0 atom stereocenters. The summed E-state index contributed by atoms with van der Waals surface area (Å²) in [5, 5.41) is 4.23. The molecule has 0 aliphatic heterocycles. The van der Waals surface area contributed by atoms with E-state index in [1.54, 1.807) is 10.7 Å². The maximum Gasteiger partial charge on any atom is 0.177 e. The third-order valence-corrected chi connectivity index (χ3v) is 2.11. The minimum absolute atomic E-state index is 0.334. The van der Waals surface area contributed by atoms with Gasteiger partial charge in [0.2, 0.25) is 0 Å². The highest BCUT2D eigenvalue weighted by atomic mass is 35.5. The zero-order valence-electron chi connectivity index (χ0n) is 11.5. The predicted molar refractivity (Wildman–Crippen MR) is 72.5 cm³/mol. The molecule has 2 aromatic heterocycles. The molecule has 17 heavy (non-hydrogen) atoms. The van der Waals surface area contributed by atoms with Crippen molar-refractivity contribution in [2.24, 2.45) is 0 Å². The number of aryl methyl sites for hydroxylation is 2. The molecule has 5 heteroatoms. The summed E-state index contributed by atoms with van der Waals surface area (Å²) < 4.78 is 1.76. The van der Waals surface area contributed by atoms with Gasteiger partial charge in [-0.05, 0) is 13.8 Å². The van der Waals surface area contributed by atoms with Crippen molar-refractivity contribution in [3.8, 4) is 0 Å². The second kappa shape index (κ2) is 8.01. The van der Waals surface area contributed by atoms with Crippen LogP contribution in [0.2, 0.25) is 0 Å². The maximum absolute atomic E-state index is 5.64. The number of hydrogen-bond donors (Lipinski definition) is 0. The first-order valence-corrected chi connectivity index (χ1v) is 6.49. The quantitative estimate of drug-likeness (QED) is 0.733. The summed E-state index contributed by atoms with van der Waals surface area (Å²) in [7, 11) is 0. The van der Waals surface area contributed by atoms with E-state index < -0.39 is 0 Å². The van der Waals surface area contributed by atoms with E-state index in [1.807, 2.05) is 41.5 Å². The lowest BCUT2D eigenvalue weighted by atomic mass is 10.4. The molecular weight excluding hydrogens is 236 g/mol. The average molecular weight is 257 g/mol. The molecule has 2 rings (SSSR count). The second-order valence-corrected chi connectivity index (χ2v) is 3.15. The summed E-state index contributed by atoms with van der Waals surface area (Å²) in [5.41, 5.74) is 2.62. The van der Waals surface area contributed by atoms with E-state index in [9.17, 15) is 0 Å². The fourth-order valence-corrected chi connectivity index (χ4v) is 1.31. The molecule has 4 nitrogen and oxygen atoms in total. The van der Waals surface area contributed by atoms with Gasteiger partial charge in [0.15, 0.2) is 11.5 Å². The molecular formula is C12H21ClN4. The van der Waals surface area contributed by atoms with Crippen LogP contribution in [0, 0.1) is 13.8 Å². The van der Waals surface area contributed by atoms with Crippen molar-refractivity contribution in [2.45, 2.75) is 47.4 Å². The Hall–Kier alpha value is -1.16. The lowest BCUT2D eigenvalue weighted by Crippen LogP contribution is -1.97. The molecule has 0 radical (unpaired) electrons. The highest BCUT2D eigenvalue weighted by Gasteiger charge is 2.06.